The molecule has 1 aromatic heterocycles. The van der Waals surface area contributed by atoms with E-state index in [4.69, 9.17) is 16.3 Å². The van der Waals surface area contributed by atoms with Gasteiger partial charge in [-0.05, 0) is 72.3 Å². The zero-order valence-electron chi connectivity index (χ0n) is 13.3. The van der Waals surface area contributed by atoms with Crippen LogP contribution in [0.1, 0.15) is 28.7 Å². The molecule has 0 unspecified atom stereocenters. The Hall–Kier alpha value is -1.60. The minimum Gasteiger partial charge on any atom is -0.462 e. The van der Waals surface area contributed by atoms with Gasteiger partial charge >= 0.3 is 5.97 Å². The summed E-state index contributed by atoms with van der Waals surface area (Å²) >= 11 is 8.60. The van der Waals surface area contributed by atoms with Gasteiger partial charge in [0.2, 0.25) is 0 Å². The third-order valence-corrected chi connectivity index (χ3v) is 4.82. The molecule has 0 atom stereocenters. The Bertz CT molecular complexity index is 921. The number of rotatable bonds is 4. The number of carbonyl (C=O) groups is 1. The van der Waals surface area contributed by atoms with Crippen LogP contribution < -0.4 is 0 Å². The molecule has 24 heavy (non-hydrogen) atoms. The van der Waals surface area contributed by atoms with E-state index in [0.717, 1.165) is 31.0 Å². The molecule has 0 bridgehead atoms. The van der Waals surface area contributed by atoms with Crippen LogP contribution >= 0.6 is 34.2 Å². The van der Waals surface area contributed by atoms with Gasteiger partial charge in [0.1, 0.15) is 5.82 Å². The summed E-state index contributed by atoms with van der Waals surface area (Å²) in [7, 11) is 0. The molecule has 4 nitrogen and oxygen atoms in total. The van der Waals surface area contributed by atoms with Crippen molar-refractivity contribution in [1.82, 2.24) is 9.55 Å². The Morgan fingerprint density at radius 3 is 2.79 bits per heavy atom. The van der Waals surface area contributed by atoms with E-state index in [0.29, 0.717) is 18.7 Å². The fraction of sp³-hybridized carbons (Fsp3) is 0.222. The van der Waals surface area contributed by atoms with Crippen molar-refractivity contribution in [3.8, 4) is 0 Å². The monoisotopic (exact) mass is 454 g/mol. The number of esters is 1. The van der Waals surface area contributed by atoms with Crippen molar-refractivity contribution in [1.29, 1.82) is 0 Å². The van der Waals surface area contributed by atoms with Crippen molar-refractivity contribution in [2.45, 2.75) is 20.4 Å². The normalized spacial score (nSPS) is 11.0. The molecule has 0 N–H and O–H groups in total. The van der Waals surface area contributed by atoms with Crippen molar-refractivity contribution < 1.29 is 9.53 Å². The van der Waals surface area contributed by atoms with Crippen molar-refractivity contribution in [3.63, 3.8) is 0 Å². The molecule has 0 fully saturated rings. The third-order valence-electron chi connectivity index (χ3n) is 3.79. The maximum absolute atomic E-state index is 12.0. The average molecular weight is 455 g/mol. The number of carbonyl (C=O) groups excluding carboxylic acids is 1. The molecule has 0 aliphatic rings. The molecule has 3 aromatic rings. The maximum Gasteiger partial charge on any atom is 0.338 e. The number of fused-ring (bicyclic) bond motifs is 1. The van der Waals surface area contributed by atoms with Crippen LogP contribution in [0.5, 0.6) is 0 Å². The van der Waals surface area contributed by atoms with Gasteiger partial charge in [-0.3, -0.25) is 0 Å². The van der Waals surface area contributed by atoms with Gasteiger partial charge < -0.3 is 9.30 Å². The van der Waals surface area contributed by atoms with Gasteiger partial charge in [-0.25, -0.2) is 9.78 Å². The molecule has 0 aliphatic carbocycles. The molecule has 3 rings (SSSR count). The first-order valence-electron chi connectivity index (χ1n) is 7.57. The molecule has 2 aromatic carbocycles. The number of imidazole rings is 1. The number of nitrogens with zero attached hydrogens (tertiary/aromatic N) is 2. The second kappa shape index (κ2) is 7.11. The molecule has 0 saturated carbocycles. The Labute approximate surface area is 158 Å². The molecule has 0 radical (unpaired) electrons. The van der Waals surface area contributed by atoms with Crippen LogP contribution in [0, 0.1) is 10.5 Å². The third kappa shape index (κ3) is 3.42. The van der Waals surface area contributed by atoms with E-state index in [9.17, 15) is 4.79 Å². The summed E-state index contributed by atoms with van der Waals surface area (Å²) in [6, 6.07) is 11.4. The SMILES string of the molecule is CCOC(=O)c1ccc2nc(C)n(Cc3ccc(I)cc3Cl)c2c1. The first-order chi connectivity index (χ1) is 11.5. The number of halogens is 2. The lowest BCUT2D eigenvalue weighted by Gasteiger charge is -2.10. The minimum absolute atomic E-state index is 0.322. The Kier molecular flexibility index (Phi) is 5.10. The van der Waals surface area contributed by atoms with Gasteiger partial charge in [0.05, 0.1) is 29.7 Å². The second-order valence-electron chi connectivity index (χ2n) is 5.40. The van der Waals surface area contributed by atoms with Crippen LogP contribution in [0.3, 0.4) is 0 Å². The van der Waals surface area contributed by atoms with Crippen LogP contribution in [-0.2, 0) is 11.3 Å². The van der Waals surface area contributed by atoms with Crippen molar-refractivity contribution in [2.24, 2.45) is 0 Å². The largest absolute Gasteiger partial charge is 0.462 e. The summed E-state index contributed by atoms with van der Waals surface area (Å²) in [6.07, 6.45) is 0. The van der Waals surface area contributed by atoms with Crippen LogP contribution in [0.15, 0.2) is 36.4 Å². The summed E-state index contributed by atoms with van der Waals surface area (Å²) in [5, 5.41) is 0.727. The molecule has 0 amide bonds. The quantitative estimate of drug-likeness (QED) is 0.419. The summed E-state index contributed by atoms with van der Waals surface area (Å²) in [5.74, 6) is 0.553. The highest BCUT2D eigenvalue weighted by Gasteiger charge is 2.13. The highest BCUT2D eigenvalue weighted by molar-refractivity contribution is 14.1. The molecular formula is C18H16ClIN2O2. The molecule has 6 heteroatoms. The van der Waals surface area contributed by atoms with Crippen LogP contribution in [0.25, 0.3) is 11.0 Å². The molecule has 0 spiro atoms. The molecular weight excluding hydrogens is 439 g/mol. The van der Waals surface area contributed by atoms with Crippen molar-refractivity contribution >= 4 is 51.2 Å². The van der Waals surface area contributed by atoms with E-state index in [1.165, 1.54) is 0 Å². The average Bonchev–Trinajstić information content (AvgIpc) is 2.85. The van der Waals surface area contributed by atoms with Gasteiger partial charge in [0, 0.05) is 8.59 Å². The standard InChI is InChI=1S/C18H16ClIN2O2/c1-3-24-18(23)12-5-7-16-17(8-12)22(11(2)21-16)10-13-4-6-14(20)9-15(13)19/h4-9H,3,10H2,1-2H3. The minimum atomic E-state index is -0.322. The zero-order valence-corrected chi connectivity index (χ0v) is 16.3. The highest BCUT2D eigenvalue weighted by atomic mass is 127. The van der Waals surface area contributed by atoms with E-state index < -0.39 is 0 Å². The number of aryl methyl sites for hydroxylation is 1. The fourth-order valence-electron chi connectivity index (χ4n) is 2.60. The molecule has 1 heterocycles. The maximum atomic E-state index is 12.0. The van der Waals surface area contributed by atoms with E-state index in [1.807, 2.05) is 37.3 Å². The predicted octanol–water partition coefficient (Wildman–Crippen LogP) is 4.83. The van der Waals surface area contributed by atoms with Crippen molar-refractivity contribution in [3.05, 3.63) is 61.9 Å². The number of ether oxygens (including phenoxy) is 1. The number of aromatic nitrogens is 2. The smallest absolute Gasteiger partial charge is 0.338 e. The van der Waals surface area contributed by atoms with Gasteiger partial charge in [-0.15, -0.1) is 0 Å². The Morgan fingerprint density at radius 2 is 2.08 bits per heavy atom. The first kappa shape index (κ1) is 17.2. The van der Waals surface area contributed by atoms with Gasteiger partial charge in [-0.1, -0.05) is 17.7 Å². The van der Waals surface area contributed by atoms with Crippen molar-refractivity contribution in [2.75, 3.05) is 6.61 Å². The van der Waals surface area contributed by atoms with E-state index in [1.54, 1.807) is 13.0 Å². The lowest BCUT2D eigenvalue weighted by atomic mass is 10.2. The topological polar surface area (TPSA) is 44.1 Å². The second-order valence-corrected chi connectivity index (χ2v) is 7.06. The van der Waals surface area contributed by atoms with E-state index in [-0.39, 0.29) is 5.97 Å². The predicted molar refractivity (Wildman–Crippen MR) is 104 cm³/mol. The summed E-state index contributed by atoms with van der Waals surface area (Å²) in [5.41, 5.74) is 3.29. The van der Waals surface area contributed by atoms with Gasteiger partial charge in [0.15, 0.2) is 0 Å². The van der Waals surface area contributed by atoms with Crippen LogP contribution in [0.2, 0.25) is 5.02 Å². The van der Waals surface area contributed by atoms with Crippen LogP contribution in [0.4, 0.5) is 0 Å². The zero-order chi connectivity index (χ0) is 17.3. The number of hydrogen-bond acceptors (Lipinski definition) is 3. The first-order valence-corrected chi connectivity index (χ1v) is 9.03. The Balaban J connectivity index is 2.04. The molecule has 124 valence electrons. The fourth-order valence-corrected chi connectivity index (χ4v) is 3.52. The van der Waals surface area contributed by atoms with Gasteiger partial charge in [-0.2, -0.15) is 0 Å². The molecule has 0 saturated heterocycles. The van der Waals surface area contributed by atoms with Gasteiger partial charge in [0.25, 0.3) is 0 Å². The molecule has 0 aliphatic heterocycles. The Morgan fingerprint density at radius 1 is 1.29 bits per heavy atom. The van der Waals surface area contributed by atoms with E-state index >= 15 is 0 Å². The summed E-state index contributed by atoms with van der Waals surface area (Å²) < 4.78 is 8.24. The highest BCUT2D eigenvalue weighted by Crippen LogP contribution is 2.24. The lowest BCUT2D eigenvalue weighted by Crippen LogP contribution is -2.06. The van der Waals surface area contributed by atoms with E-state index in [2.05, 4.69) is 32.1 Å². The number of hydrogen-bond donors (Lipinski definition) is 0. The summed E-state index contributed by atoms with van der Waals surface area (Å²) in [6.45, 7) is 4.70. The lowest BCUT2D eigenvalue weighted by molar-refractivity contribution is 0.0526. The summed E-state index contributed by atoms with van der Waals surface area (Å²) in [4.78, 5) is 16.6. The van der Waals surface area contributed by atoms with Crippen LogP contribution in [-0.4, -0.2) is 22.1 Å². The number of benzene rings is 2.